The molecular formula is C26H37F6N7O5. The van der Waals surface area contributed by atoms with Crippen LogP contribution in [-0.4, -0.2) is 72.0 Å². The summed E-state index contributed by atoms with van der Waals surface area (Å²) in [5, 5.41) is 7.72. The first kappa shape index (κ1) is 38.1. The van der Waals surface area contributed by atoms with E-state index in [0.717, 1.165) is 26.0 Å². The average molecular weight is 642 g/mol. The van der Waals surface area contributed by atoms with Crippen LogP contribution in [0.25, 0.3) is 0 Å². The number of alkyl halides is 6. The van der Waals surface area contributed by atoms with E-state index in [0.29, 0.717) is 13.3 Å². The minimum absolute atomic E-state index is 0.0668. The van der Waals surface area contributed by atoms with Crippen molar-refractivity contribution < 1.29 is 50.3 Å². The van der Waals surface area contributed by atoms with Gasteiger partial charge in [0.15, 0.2) is 0 Å². The summed E-state index contributed by atoms with van der Waals surface area (Å²) in [6, 6.07) is -1.67. The van der Waals surface area contributed by atoms with Crippen molar-refractivity contribution >= 4 is 29.5 Å². The first-order valence-electron chi connectivity index (χ1n) is 13.4. The minimum Gasteiger partial charge on any atom is -0.368 e. The second kappa shape index (κ2) is 15.7. The zero-order valence-electron chi connectivity index (χ0n) is 24.2. The van der Waals surface area contributed by atoms with E-state index in [4.69, 9.17) is 17.2 Å². The van der Waals surface area contributed by atoms with Gasteiger partial charge in [0, 0.05) is 0 Å². The van der Waals surface area contributed by atoms with Gasteiger partial charge in [-0.3, -0.25) is 24.0 Å². The molecule has 1 aromatic carbocycles. The molecule has 0 aromatic heterocycles. The van der Waals surface area contributed by atoms with Crippen LogP contribution in [0.2, 0.25) is 0 Å². The normalized spacial score (nSPS) is 16.0. The van der Waals surface area contributed by atoms with E-state index in [-0.39, 0.29) is 24.9 Å². The van der Waals surface area contributed by atoms with Crippen LogP contribution in [0, 0.1) is 0 Å². The van der Waals surface area contributed by atoms with Gasteiger partial charge in [0.05, 0.1) is 11.6 Å². The van der Waals surface area contributed by atoms with Crippen LogP contribution in [0.5, 0.6) is 0 Å². The molecule has 1 rings (SSSR count). The molecule has 1 aromatic rings. The van der Waals surface area contributed by atoms with E-state index in [1.54, 1.807) is 5.32 Å². The Kier molecular flexibility index (Phi) is 13.6. The number of halogens is 6. The van der Waals surface area contributed by atoms with Crippen LogP contribution >= 0.6 is 0 Å². The lowest BCUT2D eigenvalue weighted by molar-refractivity contribution is -0.198. The topological polar surface area (TPSA) is 212 Å². The summed E-state index contributed by atoms with van der Waals surface area (Å²) in [7, 11) is 0. The van der Waals surface area contributed by atoms with E-state index >= 15 is 0 Å². The Morgan fingerprint density at radius 2 is 1.43 bits per heavy atom. The molecule has 5 atom stereocenters. The number of primary amides is 1. The average Bonchev–Trinajstić information content (AvgIpc) is 2.91. The van der Waals surface area contributed by atoms with Crippen LogP contribution in [0.3, 0.4) is 0 Å². The quantitative estimate of drug-likeness (QED) is 0.104. The van der Waals surface area contributed by atoms with Gasteiger partial charge in [-0.2, -0.15) is 26.3 Å². The minimum atomic E-state index is -5.35. The Bertz CT molecular complexity index is 1200. The Morgan fingerprint density at radius 1 is 0.841 bits per heavy atom. The predicted molar refractivity (Wildman–Crippen MR) is 145 cm³/mol. The molecule has 12 nitrogen and oxygen atoms in total. The van der Waals surface area contributed by atoms with Gasteiger partial charge in [-0.15, -0.1) is 0 Å². The van der Waals surface area contributed by atoms with Crippen LogP contribution in [0.4, 0.5) is 26.3 Å². The summed E-state index contributed by atoms with van der Waals surface area (Å²) in [6.45, 7) is 2.59. The van der Waals surface area contributed by atoms with Crippen molar-refractivity contribution in [3.63, 3.8) is 0 Å². The van der Waals surface area contributed by atoms with Gasteiger partial charge in [0.2, 0.25) is 29.2 Å². The summed E-state index contributed by atoms with van der Waals surface area (Å²) >= 11 is 0. The molecule has 0 heterocycles. The van der Waals surface area contributed by atoms with Crippen LogP contribution in [0.15, 0.2) is 24.3 Å². The molecule has 0 fully saturated rings. The number of benzene rings is 1. The number of unbranched alkanes of at least 4 members (excludes halogenated alkanes) is 1. The maximum absolute atomic E-state index is 13.8. The molecular weight excluding hydrogens is 604 g/mol. The van der Waals surface area contributed by atoms with Crippen molar-refractivity contribution in [3.8, 4) is 0 Å². The number of nitrogens with two attached hydrogens (primary N) is 3. The standard InChI is InChI=1S/C26H37F6N7O5/c1-13(19(35)40)37-23(44)24(3,26(30,31)32)39-20(41)14(2)36-22(43)18(10-6-7-11-33)38-21(42)17(34)12-15-8-4-5-9-16(15)25(27,28)29/h4-5,8-9,13-14,17-18H,6-7,10-12,33-34H2,1-3H3,(H2,35,40)(H,36,43)(H,37,44)(H,38,42)(H,39,41)/t13-,14-,17-,18-,24-/m0/s1. The zero-order chi connectivity index (χ0) is 34.0. The number of hydrogen-bond donors (Lipinski definition) is 7. The van der Waals surface area contributed by atoms with Gasteiger partial charge in [-0.25, -0.2) is 0 Å². The molecule has 18 heteroatoms. The largest absolute Gasteiger partial charge is 0.420 e. The van der Waals surface area contributed by atoms with Gasteiger partial charge in [0.1, 0.15) is 18.1 Å². The Morgan fingerprint density at radius 3 is 1.95 bits per heavy atom. The zero-order valence-corrected chi connectivity index (χ0v) is 24.2. The van der Waals surface area contributed by atoms with Crippen molar-refractivity contribution in [1.82, 2.24) is 21.3 Å². The third kappa shape index (κ3) is 10.7. The lowest BCUT2D eigenvalue weighted by Gasteiger charge is -2.33. The van der Waals surface area contributed by atoms with Crippen molar-refractivity contribution in [1.29, 1.82) is 0 Å². The monoisotopic (exact) mass is 641 g/mol. The molecule has 0 aliphatic heterocycles. The van der Waals surface area contributed by atoms with E-state index in [1.807, 2.05) is 0 Å². The first-order valence-corrected chi connectivity index (χ1v) is 13.4. The fourth-order valence-electron chi connectivity index (χ4n) is 3.75. The molecule has 0 unspecified atom stereocenters. The first-order chi connectivity index (χ1) is 20.1. The van der Waals surface area contributed by atoms with Gasteiger partial charge in [0.25, 0.3) is 5.91 Å². The van der Waals surface area contributed by atoms with E-state index in [2.05, 4.69) is 10.6 Å². The highest BCUT2D eigenvalue weighted by atomic mass is 19.4. The van der Waals surface area contributed by atoms with Crippen LogP contribution < -0.4 is 38.5 Å². The molecule has 0 spiro atoms. The van der Waals surface area contributed by atoms with Gasteiger partial charge < -0.3 is 38.5 Å². The number of hydrogen-bond acceptors (Lipinski definition) is 7. The van der Waals surface area contributed by atoms with Crippen molar-refractivity contribution in [3.05, 3.63) is 35.4 Å². The second-order valence-corrected chi connectivity index (χ2v) is 10.3. The highest BCUT2D eigenvalue weighted by molar-refractivity contribution is 5.97. The highest BCUT2D eigenvalue weighted by Crippen LogP contribution is 2.32. The van der Waals surface area contributed by atoms with E-state index < -0.39 is 83.6 Å². The SMILES string of the molecule is C[C@H](NC(=O)[C@](C)(NC(=O)[C@H](C)NC(=O)[C@H](CCCCN)NC(=O)[C@@H](N)Cc1ccccc1C(F)(F)F)C(F)(F)F)C(N)=O. The fourth-order valence-corrected chi connectivity index (χ4v) is 3.75. The highest BCUT2D eigenvalue weighted by Gasteiger charge is 2.58. The summed E-state index contributed by atoms with van der Waals surface area (Å²) in [5.74, 6) is -6.41. The lowest BCUT2D eigenvalue weighted by atomic mass is 9.98. The summed E-state index contributed by atoms with van der Waals surface area (Å²) in [5.41, 5.74) is 11.5. The summed E-state index contributed by atoms with van der Waals surface area (Å²) < 4.78 is 81.6. The number of carbonyl (C=O) groups excluding carboxylic acids is 5. The smallest absolute Gasteiger partial charge is 0.368 e. The molecule has 0 saturated carbocycles. The van der Waals surface area contributed by atoms with Crippen molar-refractivity contribution in [2.75, 3.05) is 6.54 Å². The van der Waals surface area contributed by atoms with Gasteiger partial charge in [-0.05, 0) is 64.6 Å². The Hall–Kier alpha value is -3.93. The number of rotatable bonds is 15. The van der Waals surface area contributed by atoms with Crippen LogP contribution in [-0.2, 0) is 36.6 Å². The van der Waals surface area contributed by atoms with Gasteiger partial charge >= 0.3 is 12.4 Å². The van der Waals surface area contributed by atoms with E-state index in [1.165, 1.54) is 17.4 Å². The molecule has 248 valence electrons. The third-order valence-electron chi connectivity index (χ3n) is 6.60. The third-order valence-corrected chi connectivity index (χ3v) is 6.60. The molecule has 0 aliphatic rings. The predicted octanol–water partition coefficient (Wildman–Crippen LogP) is 0.121. The lowest BCUT2D eigenvalue weighted by Crippen LogP contribution is -2.68. The Balaban J connectivity index is 3.06. The molecule has 10 N–H and O–H groups in total. The van der Waals surface area contributed by atoms with E-state index in [9.17, 15) is 50.3 Å². The Labute approximate surface area is 249 Å². The molecule has 0 bridgehead atoms. The molecule has 0 aliphatic carbocycles. The summed E-state index contributed by atoms with van der Waals surface area (Å²) in [6.07, 6.45) is -10.0. The van der Waals surface area contributed by atoms with Crippen molar-refractivity contribution in [2.24, 2.45) is 17.2 Å². The molecule has 5 amide bonds. The van der Waals surface area contributed by atoms with Crippen molar-refractivity contribution in [2.45, 2.75) is 88.5 Å². The fraction of sp³-hybridized carbons (Fsp3) is 0.577. The number of amides is 5. The van der Waals surface area contributed by atoms with Crippen LogP contribution in [0.1, 0.15) is 51.2 Å². The molecule has 44 heavy (non-hydrogen) atoms. The second-order valence-electron chi connectivity index (χ2n) is 10.3. The van der Waals surface area contributed by atoms with Gasteiger partial charge in [-0.1, -0.05) is 18.2 Å². The molecule has 0 saturated heterocycles. The number of nitrogens with one attached hydrogen (secondary N) is 4. The number of carbonyl (C=O) groups is 5. The maximum atomic E-state index is 13.8. The molecule has 0 radical (unpaired) electrons. The maximum Gasteiger partial charge on any atom is 0.420 e. The summed E-state index contributed by atoms with van der Waals surface area (Å²) in [4.78, 5) is 62.0.